The maximum atomic E-state index is 11.8. The van der Waals surface area contributed by atoms with Crippen LogP contribution in [0, 0.1) is 11.8 Å². The fourth-order valence-electron chi connectivity index (χ4n) is 4.50. The van der Waals surface area contributed by atoms with Crippen LogP contribution < -0.4 is 4.72 Å². The van der Waals surface area contributed by atoms with Crippen molar-refractivity contribution in [3.8, 4) is 0 Å². The third-order valence-corrected chi connectivity index (χ3v) is 9.52. The Hall–Kier alpha value is -1.13. The fraction of sp³-hybridized carbons (Fsp3) is 0.720. The van der Waals surface area contributed by atoms with Gasteiger partial charge >= 0.3 is 0 Å². The zero-order valence-electron chi connectivity index (χ0n) is 20.3. The van der Waals surface area contributed by atoms with Crippen molar-refractivity contribution < 1.29 is 28.5 Å². The van der Waals surface area contributed by atoms with Crippen molar-refractivity contribution in [2.24, 2.45) is 11.8 Å². The van der Waals surface area contributed by atoms with Gasteiger partial charge in [-0.25, -0.2) is 8.42 Å². The van der Waals surface area contributed by atoms with Crippen molar-refractivity contribution in [1.29, 1.82) is 0 Å². The third kappa shape index (κ3) is 9.85. The summed E-state index contributed by atoms with van der Waals surface area (Å²) >= 11 is 1.62. The Bertz CT molecular complexity index is 833. The van der Waals surface area contributed by atoms with E-state index in [-0.39, 0.29) is 18.3 Å². The number of unbranched alkanes of at least 4 members (excludes halogenated alkanes) is 3. The minimum Gasteiger partial charge on any atom is -0.393 e. The summed E-state index contributed by atoms with van der Waals surface area (Å²) in [5, 5.41) is 30.6. The molecule has 0 aromatic heterocycles. The normalized spacial score (nSPS) is 23.8. The molecule has 0 spiro atoms. The minimum atomic E-state index is -3.57. The van der Waals surface area contributed by atoms with Crippen molar-refractivity contribution in [3.05, 3.63) is 30.3 Å². The summed E-state index contributed by atoms with van der Waals surface area (Å²) in [6, 6.07) is 9.95. The predicted molar refractivity (Wildman–Crippen MR) is 136 cm³/mol. The molecule has 5 atom stereocenters. The summed E-state index contributed by atoms with van der Waals surface area (Å²) in [7, 11) is -3.57. The summed E-state index contributed by atoms with van der Waals surface area (Å²) in [6.45, 7) is 3.06. The first-order valence-electron chi connectivity index (χ1n) is 12.4. The lowest BCUT2D eigenvalue weighted by molar-refractivity contribution is -0.119. The van der Waals surface area contributed by atoms with E-state index in [9.17, 15) is 28.5 Å². The van der Waals surface area contributed by atoms with E-state index in [1.54, 1.807) is 11.8 Å². The largest absolute Gasteiger partial charge is 0.393 e. The highest BCUT2D eigenvalue weighted by Crippen LogP contribution is 2.39. The average molecular weight is 516 g/mol. The molecule has 0 bridgehead atoms. The molecule has 1 unspecified atom stereocenters. The second-order valence-corrected chi connectivity index (χ2v) is 13.0. The Morgan fingerprint density at radius 3 is 2.29 bits per heavy atom. The van der Waals surface area contributed by atoms with E-state index >= 15 is 0 Å². The van der Waals surface area contributed by atoms with Crippen molar-refractivity contribution in [2.75, 3.05) is 5.75 Å². The van der Waals surface area contributed by atoms with Crippen molar-refractivity contribution in [2.45, 2.75) is 100 Å². The second-order valence-electron chi connectivity index (χ2n) is 9.63. The Balaban J connectivity index is 1.66. The molecule has 1 amide bonds. The molecule has 1 saturated carbocycles. The second kappa shape index (κ2) is 14.4. The molecular formula is C25H41NO6S2. The monoisotopic (exact) mass is 515 g/mol. The molecule has 34 heavy (non-hydrogen) atoms. The first-order valence-corrected chi connectivity index (χ1v) is 14.9. The van der Waals surface area contributed by atoms with Gasteiger partial charge in [0, 0.05) is 17.1 Å². The fourth-order valence-corrected chi connectivity index (χ4v) is 6.06. The lowest BCUT2D eigenvalue weighted by Gasteiger charge is -2.24. The van der Waals surface area contributed by atoms with Crippen LogP contribution in [0.25, 0.3) is 0 Å². The molecule has 1 aromatic carbocycles. The van der Waals surface area contributed by atoms with Gasteiger partial charge in [0.2, 0.25) is 15.9 Å². The number of hydrogen-bond acceptors (Lipinski definition) is 7. The number of aliphatic hydroxyl groups is 3. The van der Waals surface area contributed by atoms with Crippen LogP contribution in [-0.2, 0) is 14.8 Å². The van der Waals surface area contributed by atoms with E-state index < -0.39 is 39.5 Å². The number of aliphatic hydroxyl groups excluding tert-OH is 3. The average Bonchev–Trinajstić information content (AvgIpc) is 3.05. The molecule has 4 N–H and O–H groups in total. The topological polar surface area (TPSA) is 124 Å². The van der Waals surface area contributed by atoms with E-state index in [0.29, 0.717) is 31.4 Å². The van der Waals surface area contributed by atoms with Crippen LogP contribution >= 0.6 is 11.8 Å². The predicted octanol–water partition coefficient (Wildman–Crippen LogP) is 3.47. The van der Waals surface area contributed by atoms with Crippen LogP contribution in [0.2, 0.25) is 0 Å². The molecule has 194 valence electrons. The van der Waals surface area contributed by atoms with E-state index in [1.165, 1.54) is 13.8 Å². The molecule has 1 fully saturated rings. The summed E-state index contributed by atoms with van der Waals surface area (Å²) < 4.78 is 25.5. The van der Waals surface area contributed by atoms with Gasteiger partial charge < -0.3 is 15.3 Å². The lowest BCUT2D eigenvalue weighted by Crippen LogP contribution is -2.35. The molecule has 7 nitrogen and oxygen atoms in total. The van der Waals surface area contributed by atoms with E-state index in [0.717, 1.165) is 30.6 Å². The highest BCUT2D eigenvalue weighted by atomic mass is 32.2. The summed E-state index contributed by atoms with van der Waals surface area (Å²) in [5.74, 6) is 0.139. The highest BCUT2D eigenvalue weighted by molar-refractivity contribution is 7.99. The van der Waals surface area contributed by atoms with Gasteiger partial charge in [-0.2, -0.15) is 0 Å². The molecule has 1 aromatic rings. The maximum absolute atomic E-state index is 11.8. The molecule has 0 heterocycles. The standard InChI is InChI=1S/C25H41NO6S2/c1-18(2)34(31,32)26-25(30)13-9-4-3-8-12-21-22(24(29)16-23(21)28)15-14-19(27)17-33-20-10-6-5-7-11-20/h5-7,10-11,18-19,21-24,27-29H,3-4,8-9,12-17H2,1-2H3,(H,26,30)/t19?,21-,22-,23+,24-/m1/s1. The Kier molecular flexibility index (Phi) is 12.4. The summed E-state index contributed by atoms with van der Waals surface area (Å²) in [4.78, 5) is 12.9. The van der Waals surface area contributed by atoms with Crippen LogP contribution in [0.5, 0.6) is 0 Å². The lowest BCUT2D eigenvalue weighted by atomic mass is 9.85. The Morgan fingerprint density at radius 1 is 1.03 bits per heavy atom. The van der Waals surface area contributed by atoms with Gasteiger partial charge in [-0.1, -0.05) is 37.5 Å². The van der Waals surface area contributed by atoms with Gasteiger partial charge in [-0.05, 0) is 69.9 Å². The van der Waals surface area contributed by atoms with Gasteiger partial charge in [-0.15, -0.1) is 11.8 Å². The number of carbonyl (C=O) groups excluding carboxylic acids is 1. The maximum Gasteiger partial charge on any atom is 0.237 e. The number of carbonyl (C=O) groups is 1. The zero-order chi connectivity index (χ0) is 25.1. The number of rotatable bonds is 15. The molecule has 2 rings (SSSR count). The number of benzene rings is 1. The highest BCUT2D eigenvalue weighted by Gasteiger charge is 2.40. The van der Waals surface area contributed by atoms with Crippen LogP contribution in [-0.4, -0.2) is 59.0 Å². The molecular weight excluding hydrogens is 474 g/mol. The van der Waals surface area contributed by atoms with Gasteiger partial charge in [0.15, 0.2) is 0 Å². The number of amides is 1. The van der Waals surface area contributed by atoms with Crippen molar-refractivity contribution in [3.63, 3.8) is 0 Å². The number of sulfonamides is 1. The quantitative estimate of drug-likeness (QED) is 0.208. The van der Waals surface area contributed by atoms with Crippen molar-refractivity contribution >= 4 is 27.7 Å². The minimum absolute atomic E-state index is 0.0154. The van der Waals surface area contributed by atoms with Gasteiger partial charge in [0.1, 0.15) is 0 Å². The third-order valence-electron chi connectivity index (χ3n) is 6.61. The first kappa shape index (κ1) is 29.1. The van der Waals surface area contributed by atoms with E-state index in [4.69, 9.17) is 0 Å². The summed E-state index contributed by atoms with van der Waals surface area (Å²) in [5.41, 5.74) is 0. The first-order chi connectivity index (χ1) is 16.1. The molecule has 1 aliphatic rings. The van der Waals surface area contributed by atoms with Gasteiger partial charge in [0.05, 0.1) is 23.6 Å². The van der Waals surface area contributed by atoms with Gasteiger partial charge in [-0.3, -0.25) is 9.52 Å². The van der Waals surface area contributed by atoms with Gasteiger partial charge in [0.25, 0.3) is 0 Å². The zero-order valence-corrected chi connectivity index (χ0v) is 21.9. The number of nitrogens with one attached hydrogen (secondary N) is 1. The smallest absolute Gasteiger partial charge is 0.237 e. The van der Waals surface area contributed by atoms with Crippen LogP contribution in [0.4, 0.5) is 0 Å². The van der Waals surface area contributed by atoms with Crippen molar-refractivity contribution in [1.82, 2.24) is 4.72 Å². The van der Waals surface area contributed by atoms with Crippen LogP contribution in [0.3, 0.4) is 0 Å². The Morgan fingerprint density at radius 2 is 1.65 bits per heavy atom. The van der Waals surface area contributed by atoms with Crippen LogP contribution in [0.15, 0.2) is 35.2 Å². The molecule has 1 aliphatic carbocycles. The molecule has 0 aliphatic heterocycles. The number of thioether (sulfide) groups is 1. The SMILES string of the molecule is CC(C)S(=O)(=O)NC(=O)CCCCCC[C@@H]1[C@@H](CCC(O)CSc2ccccc2)[C@H](O)C[C@@H]1O. The summed E-state index contributed by atoms with van der Waals surface area (Å²) in [6.07, 6.45) is 4.30. The number of hydrogen-bond donors (Lipinski definition) is 4. The van der Waals surface area contributed by atoms with E-state index in [2.05, 4.69) is 4.72 Å². The molecule has 9 heteroatoms. The van der Waals surface area contributed by atoms with Crippen LogP contribution in [0.1, 0.15) is 71.6 Å². The molecule has 0 saturated heterocycles. The van der Waals surface area contributed by atoms with E-state index in [1.807, 2.05) is 30.3 Å². The molecule has 0 radical (unpaired) electrons. The Labute approximate surface area is 208 Å².